The summed E-state index contributed by atoms with van der Waals surface area (Å²) in [5, 5.41) is 7.31. The van der Waals surface area contributed by atoms with E-state index in [9.17, 15) is 14.4 Å². The van der Waals surface area contributed by atoms with E-state index in [0.29, 0.717) is 24.4 Å². The molecule has 1 fully saturated rings. The van der Waals surface area contributed by atoms with Gasteiger partial charge in [0.1, 0.15) is 0 Å². The molecular weight excluding hydrogens is 286 g/mol. The molecule has 7 heteroatoms. The lowest BCUT2D eigenvalue weighted by Crippen LogP contribution is -2.96. The zero-order valence-electron chi connectivity index (χ0n) is 12.4. The third-order valence-electron chi connectivity index (χ3n) is 3.32. The van der Waals surface area contributed by atoms with Gasteiger partial charge in [-0.2, -0.15) is 0 Å². The van der Waals surface area contributed by atoms with Gasteiger partial charge in [-0.05, 0) is 31.2 Å². The van der Waals surface area contributed by atoms with Gasteiger partial charge in [0.2, 0.25) is 5.91 Å². The molecule has 22 heavy (non-hydrogen) atoms. The highest BCUT2D eigenvalue weighted by Crippen LogP contribution is 2.11. The molecule has 118 valence electrons. The number of ether oxygens (including phenoxy) is 1. The average molecular weight is 306 g/mol. The summed E-state index contributed by atoms with van der Waals surface area (Å²) in [6.45, 7) is 3.46. The molecule has 1 saturated heterocycles. The minimum absolute atomic E-state index is 0.112. The highest BCUT2D eigenvalue weighted by Gasteiger charge is 2.27. The first-order valence-electron chi connectivity index (χ1n) is 7.28. The van der Waals surface area contributed by atoms with Crippen molar-refractivity contribution in [2.75, 3.05) is 25.0 Å². The molecule has 1 atom stereocenters. The largest absolute Gasteiger partial charge is 0.462 e. The van der Waals surface area contributed by atoms with Crippen LogP contribution in [-0.2, 0) is 14.3 Å². The smallest absolute Gasteiger partial charge is 0.338 e. The minimum atomic E-state index is -0.395. The summed E-state index contributed by atoms with van der Waals surface area (Å²) >= 11 is 0. The van der Waals surface area contributed by atoms with E-state index in [0.717, 1.165) is 6.54 Å². The number of carbonyl (C=O) groups excluding carboxylic acids is 3. The molecule has 0 aromatic heterocycles. The number of benzene rings is 1. The first-order chi connectivity index (χ1) is 10.6. The molecule has 1 unspecified atom stereocenters. The van der Waals surface area contributed by atoms with Gasteiger partial charge in [-0.1, -0.05) is 0 Å². The van der Waals surface area contributed by atoms with Crippen molar-refractivity contribution in [1.29, 1.82) is 0 Å². The number of quaternary nitrogens is 1. The monoisotopic (exact) mass is 306 g/mol. The number of rotatable bonds is 5. The highest BCUT2D eigenvalue weighted by atomic mass is 16.5. The number of nitrogens with one attached hydrogen (secondary N) is 2. The van der Waals surface area contributed by atoms with E-state index in [2.05, 4.69) is 10.6 Å². The molecule has 4 N–H and O–H groups in total. The quantitative estimate of drug-likeness (QED) is 0.623. The van der Waals surface area contributed by atoms with Crippen molar-refractivity contribution < 1.29 is 24.4 Å². The zero-order chi connectivity index (χ0) is 15.9. The number of hydrogen-bond donors (Lipinski definition) is 3. The van der Waals surface area contributed by atoms with Crippen LogP contribution < -0.4 is 16.0 Å². The number of carbonyl (C=O) groups is 3. The first-order valence-corrected chi connectivity index (χ1v) is 7.28. The summed E-state index contributed by atoms with van der Waals surface area (Å²) in [5.74, 6) is -0.741. The Morgan fingerprint density at radius 3 is 2.73 bits per heavy atom. The standard InChI is InChI=1S/C15H19N3O4/c1-2-22-15(21)10-3-5-11(6-4-10)18-13(19)9-12-14(20)17-8-7-16-12/h3-6,12,16H,2,7-9H2,1H3,(H,17,20)(H,18,19)/p+1. The van der Waals surface area contributed by atoms with Crippen LogP contribution in [0.3, 0.4) is 0 Å². The lowest BCUT2D eigenvalue weighted by Gasteiger charge is -2.19. The summed E-state index contributed by atoms with van der Waals surface area (Å²) in [6, 6.07) is 6.07. The molecule has 0 radical (unpaired) electrons. The molecule has 7 nitrogen and oxygen atoms in total. The summed E-state index contributed by atoms with van der Waals surface area (Å²) in [5.41, 5.74) is 1.01. The normalized spacial score (nSPS) is 17.5. The molecule has 0 spiro atoms. The fourth-order valence-corrected chi connectivity index (χ4v) is 2.21. The Hall–Kier alpha value is -2.41. The molecule has 0 aliphatic carbocycles. The van der Waals surface area contributed by atoms with Gasteiger partial charge in [-0.3, -0.25) is 9.59 Å². The van der Waals surface area contributed by atoms with Gasteiger partial charge in [-0.15, -0.1) is 0 Å². The number of esters is 1. The Balaban J connectivity index is 1.88. The number of hydrogen-bond acceptors (Lipinski definition) is 4. The molecule has 0 bridgehead atoms. The van der Waals surface area contributed by atoms with E-state index in [-0.39, 0.29) is 24.3 Å². The van der Waals surface area contributed by atoms with Crippen LogP contribution in [0.5, 0.6) is 0 Å². The van der Waals surface area contributed by atoms with Crippen molar-refractivity contribution in [3.05, 3.63) is 29.8 Å². The van der Waals surface area contributed by atoms with Crippen LogP contribution in [0.15, 0.2) is 24.3 Å². The molecule has 1 aromatic rings. The molecule has 1 heterocycles. The predicted octanol–water partition coefficient (Wildman–Crippen LogP) is -0.746. The lowest BCUT2D eigenvalue weighted by molar-refractivity contribution is -0.678. The third kappa shape index (κ3) is 4.29. The SMILES string of the molecule is CCOC(=O)c1ccc(NC(=O)CC2[NH2+]CCNC2=O)cc1. The van der Waals surface area contributed by atoms with E-state index >= 15 is 0 Å². The Bertz CT molecular complexity index is 556. The van der Waals surface area contributed by atoms with Crippen LogP contribution in [0.25, 0.3) is 0 Å². The van der Waals surface area contributed by atoms with Gasteiger partial charge >= 0.3 is 5.97 Å². The second kappa shape index (κ2) is 7.56. The van der Waals surface area contributed by atoms with Crippen molar-refractivity contribution >= 4 is 23.5 Å². The zero-order valence-corrected chi connectivity index (χ0v) is 12.4. The third-order valence-corrected chi connectivity index (χ3v) is 3.32. The van der Waals surface area contributed by atoms with Crippen LogP contribution in [0, 0.1) is 0 Å². The Kier molecular flexibility index (Phi) is 5.48. The van der Waals surface area contributed by atoms with Crippen molar-refractivity contribution in [1.82, 2.24) is 5.32 Å². The van der Waals surface area contributed by atoms with Crippen molar-refractivity contribution in [2.24, 2.45) is 0 Å². The predicted molar refractivity (Wildman–Crippen MR) is 79.2 cm³/mol. The van der Waals surface area contributed by atoms with Gasteiger partial charge in [-0.25, -0.2) is 4.79 Å². The maximum Gasteiger partial charge on any atom is 0.338 e. The second-order valence-corrected chi connectivity index (χ2v) is 4.97. The van der Waals surface area contributed by atoms with Gasteiger partial charge in [0.05, 0.1) is 31.7 Å². The maximum atomic E-state index is 11.9. The molecule has 1 aromatic carbocycles. The summed E-state index contributed by atoms with van der Waals surface area (Å²) in [4.78, 5) is 35.1. The molecule has 1 aliphatic heterocycles. The number of amides is 2. The molecule has 2 rings (SSSR count). The molecule has 2 amide bonds. The summed E-state index contributed by atoms with van der Waals surface area (Å²) < 4.78 is 4.89. The fourth-order valence-electron chi connectivity index (χ4n) is 2.21. The van der Waals surface area contributed by atoms with Gasteiger partial charge < -0.3 is 20.7 Å². The van der Waals surface area contributed by atoms with Crippen LogP contribution >= 0.6 is 0 Å². The maximum absolute atomic E-state index is 11.9. The Labute approximate surface area is 128 Å². The average Bonchev–Trinajstić information content (AvgIpc) is 2.50. The van der Waals surface area contributed by atoms with Crippen LogP contribution in [0.2, 0.25) is 0 Å². The number of anilines is 1. The van der Waals surface area contributed by atoms with Crippen LogP contribution in [0.4, 0.5) is 5.69 Å². The Morgan fingerprint density at radius 1 is 1.36 bits per heavy atom. The van der Waals surface area contributed by atoms with Crippen LogP contribution in [-0.4, -0.2) is 43.5 Å². The highest BCUT2D eigenvalue weighted by molar-refractivity contribution is 5.95. The second-order valence-electron chi connectivity index (χ2n) is 4.97. The topological polar surface area (TPSA) is 101 Å². The van der Waals surface area contributed by atoms with Gasteiger partial charge in [0, 0.05) is 5.69 Å². The molecular formula is C15H20N3O4+. The summed E-state index contributed by atoms with van der Waals surface area (Å²) in [6.07, 6.45) is 0.117. The fraction of sp³-hybridized carbons (Fsp3) is 0.400. The van der Waals surface area contributed by atoms with E-state index in [1.54, 1.807) is 31.2 Å². The van der Waals surface area contributed by atoms with Gasteiger partial charge in [0.25, 0.3) is 5.91 Å². The number of piperazine rings is 1. The lowest BCUT2D eigenvalue weighted by atomic mass is 10.1. The van der Waals surface area contributed by atoms with Crippen molar-refractivity contribution in [2.45, 2.75) is 19.4 Å². The van der Waals surface area contributed by atoms with Gasteiger partial charge in [0.15, 0.2) is 6.04 Å². The van der Waals surface area contributed by atoms with E-state index in [1.165, 1.54) is 0 Å². The molecule has 0 saturated carbocycles. The summed E-state index contributed by atoms with van der Waals surface area (Å²) in [7, 11) is 0. The number of nitrogens with two attached hydrogens (primary N) is 1. The first kappa shape index (κ1) is 16.0. The molecule has 1 aliphatic rings. The Morgan fingerprint density at radius 2 is 2.09 bits per heavy atom. The van der Waals surface area contributed by atoms with E-state index < -0.39 is 5.97 Å². The van der Waals surface area contributed by atoms with Crippen LogP contribution in [0.1, 0.15) is 23.7 Å². The minimum Gasteiger partial charge on any atom is -0.462 e. The van der Waals surface area contributed by atoms with Crippen molar-refractivity contribution in [3.8, 4) is 0 Å². The van der Waals surface area contributed by atoms with E-state index in [1.807, 2.05) is 5.32 Å². The van der Waals surface area contributed by atoms with E-state index in [4.69, 9.17) is 4.74 Å². The van der Waals surface area contributed by atoms with Crippen molar-refractivity contribution in [3.63, 3.8) is 0 Å².